The molecule has 2 aromatic rings. The maximum atomic E-state index is 13.4. The summed E-state index contributed by atoms with van der Waals surface area (Å²) >= 11 is 6.67. The van der Waals surface area contributed by atoms with Crippen molar-refractivity contribution in [2.45, 2.75) is 43.4 Å². The van der Waals surface area contributed by atoms with Crippen LogP contribution in [0.3, 0.4) is 0 Å². The fourth-order valence-electron chi connectivity index (χ4n) is 4.99. The van der Waals surface area contributed by atoms with Gasteiger partial charge in [0.15, 0.2) is 0 Å². The number of thiophene rings is 1. The monoisotopic (exact) mass is 414 g/mol. The van der Waals surface area contributed by atoms with E-state index in [4.69, 9.17) is 11.6 Å². The van der Waals surface area contributed by atoms with E-state index in [9.17, 15) is 18.0 Å². The summed E-state index contributed by atoms with van der Waals surface area (Å²) in [7, 11) is 0. The van der Waals surface area contributed by atoms with Gasteiger partial charge in [-0.05, 0) is 62.2 Å². The predicted octanol–water partition coefficient (Wildman–Crippen LogP) is 4.93. The van der Waals surface area contributed by atoms with Crippen LogP contribution in [-0.4, -0.2) is 35.5 Å². The quantitative estimate of drug-likeness (QED) is 0.755. The fraction of sp³-hybridized carbons (Fsp3) is 0.526. The lowest BCUT2D eigenvalue weighted by Crippen LogP contribution is -2.65. The molecule has 4 heterocycles. The molecule has 3 aliphatic heterocycles. The highest BCUT2D eigenvalue weighted by molar-refractivity contribution is 7.21. The average molecular weight is 415 g/mol. The van der Waals surface area contributed by atoms with Gasteiger partial charge in [0.25, 0.3) is 5.91 Å². The first kappa shape index (κ1) is 17.8. The molecule has 144 valence electrons. The van der Waals surface area contributed by atoms with Crippen molar-refractivity contribution in [3.05, 3.63) is 33.7 Å². The van der Waals surface area contributed by atoms with Gasteiger partial charge in [-0.15, -0.1) is 11.3 Å². The third-order valence-electron chi connectivity index (χ3n) is 6.41. The van der Waals surface area contributed by atoms with Crippen molar-refractivity contribution >= 4 is 38.9 Å². The van der Waals surface area contributed by atoms with Crippen LogP contribution in [0.4, 0.5) is 13.2 Å². The van der Waals surface area contributed by atoms with Crippen molar-refractivity contribution in [2.75, 3.05) is 13.1 Å². The zero-order valence-corrected chi connectivity index (χ0v) is 16.0. The van der Waals surface area contributed by atoms with E-state index in [2.05, 4.69) is 10.2 Å². The van der Waals surface area contributed by atoms with Gasteiger partial charge in [-0.1, -0.05) is 17.7 Å². The zero-order valence-electron chi connectivity index (χ0n) is 14.4. The molecule has 1 spiro atoms. The van der Waals surface area contributed by atoms with E-state index in [-0.39, 0.29) is 27.2 Å². The van der Waals surface area contributed by atoms with E-state index in [1.54, 1.807) is 6.07 Å². The van der Waals surface area contributed by atoms with E-state index in [0.717, 1.165) is 50.1 Å². The van der Waals surface area contributed by atoms with Crippen molar-refractivity contribution in [2.24, 2.45) is 5.92 Å². The Hall–Kier alpha value is -1.31. The van der Waals surface area contributed by atoms with Gasteiger partial charge in [0.05, 0.1) is 21.5 Å². The van der Waals surface area contributed by atoms with Gasteiger partial charge in [0.2, 0.25) is 0 Å². The molecule has 27 heavy (non-hydrogen) atoms. The van der Waals surface area contributed by atoms with Crippen LogP contribution in [0.25, 0.3) is 10.1 Å². The van der Waals surface area contributed by atoms with Crippen LogP contribution < -0.4 is 5.32 Å². The molecule has 0 radical (unpaired) electrons. The maximum Gasteiger partial charge on any atom is 0.419 e. The smallest absolute Gasteiger partial charge is 0.346 e. The van der Waals surface area contributed by atoms with E-state index < -0.39 is 11.7 Å². The van der Waals surface area contributed by atoms with Crippen LogP contribution in [0.1, 0.15) is 40.9 Å². The predicted molar refractivity (Wildman–Crippen MR) is 99.4 cm³/mol. The number of carbonyl (C=O) groups excluding carboxylic acids is 1. The highest BCUT2D eigenvalue weighted by Crippen LogP contribution is 2.54. The zero-order chi connectivity index (χ0) is 19.0. The van der Waals surface area contributed by atoms with Crippen LogP contribution in [0.15, 0.2) is 18.2 Å². The van der Waals surface area contributed by atoms with Crippen LogP contribution in [0.5, 0.6) is 0 Å². The van der Waals surface area contributed by atoms with E-state index in [1.165, 1.54) is 12.1 Å². The number of rotatable bonds is 2. The molecule has 1 aliphatic carbocycles. The number of hydrogen-bond acceptors (Lipinski definition) is 3. The van der Waals surface area contributed by atoms with Gasteiger partial charge in [-0.25, -0.2) is 0 Å². The highest BCUT2D eigenvalue weighted by atomic mass is 35.5. The SMILES string of the molecule is O=C(N[C@H]1C2CCN(CC2)C12CC2)c1cc2ccc(Cl)c(C(F)(F)F)c2s1. The molecule has 1 atom stereocenters. The molecule has 4 aliphatic rings. The Bertz CT molecular complexity index is 929. The minimum Gasteiger partial charge on any atom is -0.346 e. The van der Waals surface area contributed by atoms with Crippen LogP contribution >= 0.6 is 22.9 Å². The molecule has 1 aromatic heterocycles. The number of fused-ring (bicyclic) bond motifs is 3. The van der Waals surface area contributed by atoms with Gasteiger partial charge < -0.3 is 5.32 Å². The molecule has 3 saturated heterocycles. The molecule has 0 unspecified atom stereocenters. The topological polar surface area (TPSA) is 32.3 Å². The molecule has 3 nitrogen and oxygen atoms in total. The van der Waals surface area contributed by atoms with E-state index >= 15 is 0 Å². The fourth-order valence-corrected chi connectivity index (χ4v) is 6.44. The Balaban J connectivity index is 1.47. The second kappa shape index (κ2) is 5.84. The summed E-state index contributed by atoms with van der Waals surface area (Å²) in [5, 5.41) is 3.23. The number of piperidine rings is 3. The second-order valence-electron chi connectivity index (χ2n) is 7.83. The largest absolute Gasteiger partial charge is 0.419 e. The molecular formula is C19H18ClF3N2OS. The van der Waals surface area contributed by atoms with Gasteiger partial charge in [-0.3, -0.25) is 9.69 Å². The number of halogens is 4. The summed E-state index contributed by atoms with van der Waals surface area (Å²) in [6, 6.07) is 4.43. The number of hydrogen-bond donors (Lipinski definition) is 1. The Kier molecular flexibility index (Phi) is 3.85. The van der Waals surface area contributed by atoms with Crippen LogP contribution in [0, 0.1) is 5.92 Å². The Morgan fingerprint density at radius 3 is 2.59 bits per heavy atom. The third-order valence-corrected chi connectivity index (χ3v) is 7.89. The first-order valence-corrected chi connectivity index (χ1v) is 10.3. The van der Waals surface area contributed by atoms with Gasteiger partial charge in [0.1, 0.15) is 0 Å². The van der Waals surface area contributed by atoms with Gasteiger partial charge >= 0.3 is 6.18 Å². The average Bonchev–Trinajstić information content (AvgIpc) is 3.27. The van der Waals surface area contributed by atoms with Gasteiger partial charge in [0, 0.05) is 10.2 Å². The Labute approximate surface area is 163 Å². The molecule has 1 aromatic carbocycles. The lowest BCUT2D eigenvalue weighted by atomic mass is 9.77. The third kappa shape index (κ3) is 2.69. The van der Waals surface area contributed by atoms with Crippen molar-refractivity contribution < 1.29 is 18.0 Å². The van der Waals surface area contributed by atoms with Crippen molar-refractivity contribution in [1.29, 1.82) is 0 Å². The van der Waals surface area contributed by atoms with E-state index in [0.29, 0.717) is 16.2 Å². The molecule has 8 heteroatoms. The number of nitrogens with one attached hydrogen (secondary N) is 1. The second-order valence-corrected chi connectivity index (χ2v) is 9.29. The molecule has 1 N–H and O–H groups in total. The summed E-state index contributed by atoms with van der Waals surface area (Å²) in [4.78, 5) is 15.7. The van der Waals surface area contributed by atoms with Crippen LogP contribution in [0.2, 0.25) is 5.02 Å². The molecule has 1 amide bonds. The number of amides is 1. The Morgan fingerprint density at radius 2 is 1.96 bits per heavy atom. The highest BCUT2D eigenvalue weighted by Gasteiger charge is 2.60. The van der Waals surface area contributed by atoms with Crippen molar-refractivity contribution in [3.63, 3.8) is 0 Å². The summed E-state index contributed by atoms with van der Waals surface area (Å²) in [5.74, 6) is 0.196. The normalized spacial score (nSPS) is 28.7. The first-order chi connectivity index (χ1) is 12.8. The summed E-state index contributed by atoms with van der Waals surface area (Å²) in [6.45, 7) is 2.18. The molecule has 2 bridgehead atoms. The molecular weight excluding hydrogens is 397 g/mol. The standard InChI is InChI=1S/C19H18ClF3N2OS/c20-12-2-1-11-9-13(27-15(11)14(12)19(21,22)23)17(26)24-16-10-3-7-25(8-4-10)18(16)5-6-18/h1-2,9-10,16H,3-8H2,(H,24,26)/t16-/m0/s1. The lowest BCUT2D eigenvalue weighted by Gasteiger charge is -2.52. The molecule has 6 rings (SSSR count). The molecule has 4 fully saturated rings. The Morgan fingerprint density at radius 1 is 1.26 bits per heavy atom. The number of carbonyl (C=O) groups is 1. The minimum atomic E-state index is -4.55. The number of nitrogens with zero attached hydrogens (tertiary/aromatic N) is 1. The summed E-state index contributed by atoms with van der Waals surface area (Å²) in [5.41, 5.74) is -0.763. The number of benzene rings is 1. The molecule has 1 saturated carbocycles. The number of alkyl halides is 3. The summed E-state index contributed by atoms with van der Waals surface area (Å²) < 4.78 is 40.2. The maximum absolute atomic E-state index is 13.4. The summed E-state index contributed by atoms with van der Waals surface area (Å²) in [6.07, 6.45) is -0.216. The van der Waals surface area contributed by atoms with Crippen molar-refractivity contribution in [1.82, 2.24) is 10.2 Å². The minimum absolute atomic E-state index is 0.0233. The first-order valence-electron chi connectivity index (χ1n) is 9.15. The van der Waals surface area contributed by atoms with Gasteiger partial charge in [-0.2, -0.15) is 13.2 Å². The van der Waals surface area contributed by atoms with Crippen LogP contribution in [-0.2, 0) is 6.18 Å². The van der Waals surface area contributed by atoms with Crippen molar-refractivity contribution in [3.8, 4) is 0 Å². The lowest BCUT2D eigenvalue weighted by molar-refractivity contribution is -0.136. The van der Waals surface area contributed by atoms with E-state index in [1.807, 2.05) is 0 Å².